The normalized spacial score (nSPS) is 14.6. The molecular formula is C26H37Cl2CoN3. The molecule has 6 heteroatoms. The summed E-state index contributed by atoms with van der Waals surface area (Å²) in [6.45, 7) is 12.8. The van der Waals surface area contributed by atoms with Gasteiger partial charge in [0.05, 0.1) is 23.1 Å². The van der Waals surface area contributed by atoms with Gasteiger partial charge in [0, 0.05) is 11.9 Å². The van der Waals surface area contributed by atoms with Crippen molar-refractivity contribution in [2.75, 3.05) is 0 Å². The summed E-state index contributed by atoms with van der Waals surface area (Å²) in [6, 6.07) is 14.9. The predicted octanol–water partition coefficient (Wildman–Crippen LogP) is 8.70. The van der Waals surface area contributed by atoms with Gasteiger partial charge >= 0.3 is 33.2 Å². The Kier molecular flexibility index (Phi) is 14.1. The van der Waals surface area contributed by atoms with E-state index in [4.69, 9.17) is 25.3 Å². The van der Waals surface area contributed by atoms with Crippen LogP contribution < -0.4 is 0 Å². The first kappa shape index (κ1) is 28.8. The Morgan fingerprint density at radius 2 is 1.53 bits per heavy atom. The molecule has 1 saturated carbocycles. The molecule has 3 rings (SSSR count). The molecule has 0 atom stereocenters. The number of hydrogen-bond donors (Lipinski definition) is 0. The summed E-state index contributed by atoms with van der Waals surface area (Å²) in [4.78, 5) is 13.6. The average molecular weight is 521 g/mol. The summed E-state index contributed by atoms with van der Waals surface area (Å²) in [5, 5.41) is 0. The van der Waals surface area contributed by atoms with Gasteiger partial charge in [-0.3, -0.25) is 15.0 Å². The second kappa shape index (κ2) is 15.6. The summed E-state index contributed by atoms with van der Waals surface area (Å²) in [6.07, 6.45) is 8.39. The van der Waals surface area contributed by atoms with Crippen molar-refractivity contribution in [3.63, 3.8) is 0 Å². The first-order valence-electron chi connectivity index (χ1n) is 11.1. The van der Waals surface area contributed by atoms with Crippen LogP contribution in [0.25, 0.3) is 0 Å². The third-order valence-corrected chi connectivity index (χ3v) is 5.04. The van der Waals surface area contributed by atoms with E-state index in [0.717, 1.165) is 22.8 Å². The number of rotatable bonds is 3. The Bertz CT molecular complexity index is 836. The van der Waals surface area contributed by atoms with E-state index in [9.17, 15) is 0 Å². The second-order valence-corrected chi connectivity index (χ2v) is 10.8. The molecule has 3 nitrogen and oxygen atoms in total. The fourth-order valence-electron chi connectivity index (χ4n) is 3.57. The Morgan fingerprint density at radius 1 is 0.938 bits per heavy atom. The zero-order chi connectivity index (χ0) is 24.0. The van der Waals surface area contributed by atoms with Crippen molar-refractivity contribution < 1.29 is 12.9 Å². The molecule has 0 spiro atoms. The Balaban J connectivity index is 0.000000286. The van der Waals surface area contributed by atoms with Crippen LogP contribution in [0.2, 0.25) is 0 Å². The van der Waals surface area contributed by atoms with Gasteiger partial charge in [-0.2, -0.15) is 0 Å². The Labute approximate surface area is 209 Å². The molecule has 32 heavy (non-hydrogen) atoms. The van der Waals surface area contributed by atoms with Gasteiger partial charge < -0.3 is 0 Å². The van der Waals surface area contributed by atoms with E-state index in [1.165, 1.54) is 37.7 Å². The van der Waals surface area contributed by atoms with Gasteiger partial charge in [0.2, 0.25) is 0 Å². The van der Waals surface area contributed by atoms with Crippen LogP contribution in [0, 0.1) is 0 Å². The molecular weight excluding hydrogens is 484 g/mol. The van der Waals surface area contributed by atoms with Gasteiger partial charge in [-0.05, 0) is 62.8 Å². The zero-order valence-corrected chi connectivity index (χ0v) is 22.7. The van der Waals surface area contributed by atoms with E-state index in [0.29, 0.717) is 18.9 Å². The number of para-hydroxylation sites is 1. The van der Waals surface area contributed by atoms with Crippen LogP contribution in [0.5, 0.6) is 0 Å². The van der Waals surface area contributed by atoms with Crippen LogP contribution in [-0.2, 0) is 18.3 Å². The number of hydrogen-bond acceptors (Lipinski definition) is 3. The third kappa shape index (κ3) is 11.6. The van der Waals surface area contributed by atoms with E-state index in [1.807, 2.05) is 44.3 Å². The molecule has 0 saturated heterocycles. The number of aliphatic imine (C=N–C) groups is 2. The van der Waals surface area contributed by atoms with Crippen molar-refractivity contribution >= 4 is 37.4 Å². The first-order chi connectivity index (χ1) is 15.2. The van der Waals surface area contributed by atoms with Crippen molar-refractivity contribution in [2.45, 2.75) is 85.1 Å². The van der Waals surface area contributed by atoms with Crippen LogP contribution in [0.3, 0.4) is 0 Å². The summed E-state index contributed by atoms with van der Waals surface area (Å²) >= 11 is 0.382. The molecule has 1 aliphatic carbocycles. The number of nitrogens with zero attached hydrogens (tertiary/aromatic N) is 3. The van der Waals surface area contributed by atoms with Crippen LogP contribution in [0.15, 0.2) is 58.6 Å². The SMILES string of the molecule is CC(=NC1CCCCC1)c1ccccn1.CC(C)=Nc1ccccc1C(C)(C)C.[Cl][Co][Cl]. The van der Waals surface area contributed by atoms with E-state index < -0.39 is 0 Å². The van der Waals surface area contributed by atoms with E-state index in [2.05, 4.69) is 55.9 Å². The minimum atomic E-state index is 0.162. The standard InChI is InChI=1S/C13H18N2.C13H19N.2ClH.Co/c1-11(13-9-5-6-10-14-13)15-12-7-3-2-4-8-12;1-10(2)14-12-9-7-6-8-11(12)13(3,4)5;;;/h5-6,9-10,12H,2-4,7-8H2,1H3;6-9H,1-5H3;2*1H;/q;;;;+2/p-2. The number of aromatic nitrogens is 1. The maximum absolute atomic E-state index is 4.76. The second-order valence-electron chi connectivity index (χ2n) is 9.10. The van der Waals surface area contributed by atoms with Crippen LogP contribution >= 0.6 is 20.3 Å². The summed E-state index contributed by atoms with van der Waals surface area (Å²) in [5.41, 5.74) is 5.77. The minimum absolute atomic E-state index is 0.162. The molecule has 1 aliphatic rings. The third-order valence-electron chi connectivity index (χ3n) is 5.04. The van der Waals surface area contributed by atoms with Gasteiger partial charge in [0.1, 0.15) is 0 Å². The number of benzene rings is 1. The summed E-state index contributed by atoms with van der Waals surface area (Å²) in [7, 11) is 9.47. The van der Waals surface area contributed by atoms with Crippen molar-refractivity contribution in [1.82, 2.24) is 4.98 Å². The van der Waals surface area contributed by atoms with E-state index in [-0.39, 0.29) is 5.41 Å². The van der Waals surface area contributed by atoms with Crippen molar-refractivity contribution in [2.24, 2.45) is 9.98 Å². The van der Waals surface area contributed by atoms with Crippen LogP contribution in [0.1, 0.15) is 84.9 Å². The molecule has 1 aromatic carbocycles. The molecule has 0 N–H and O–H groups in total. The van der Waals surface area contributed by atoms with E-state index in [1.54, 1.807) is 0 Å². The molecule has 1 fully saturated rings. The van der Waals surface area contributed by atoms with Gasteiger partial charge in [-0.1, -0.05) is 64.3 Å². The fraction of sp³-hybridized carbons (Fsp3) is 0.500. The maximum atomic E-state index is 4.76. The van der Waals surface area contributed by atoms with Gasteiger partial charge in [-0.25, -0.2) is 0 Å². The first-order valence-corrected chi connectivity index (χ1v) is 14.0. The van der Waals surface area contributed by atoms with E-state index >= 15 is 0 Å². The molecule has 2 aromatic rings. The molecule has 1 heterocycles. The summed E-state index contributed by atoms with van der Waals surface area (Å²) < 4.78 is 0. The monoisotopic (exact) mass is 520 g/mol. The van der Waals surface area contributed by atoms with Crippen molar-refractivity contribution in [3.05, 3.63) is 59.9 Å². The molecule has 179 valence electrons. The Hall–Kier alpha value is -1.20. The molecule has 0 unspecified atom stereocenters. The molecule has 0 aliphatic heterocycles. The molecule has 0 bridgehead atoms. The average Bonchev–Trinajstić information content (AvgIpc) is 2.75. The number of pyridine rings is 1. The number of halogens is 2. The molecule has 0 radical (unpaired) electrons. The molecule has 0 amide bonds. The van der Waals surface area contributed by atoms with Crippen LogP contribution in [0.4, 0.5) is 5.69 Å². The molecule has 1 aromatic heterocycles. The zero-order valence-electron chi connectivity index (χ0n) is 20.2. The fourth-order valence-corrected chi connectivity index (χ4v) is 3.57. The van der Waals surface area contributed by atoms with Crippen molar-refractivity contribution in [3.8, 4) is 0 Å². The summed E-state index contributed by atoms with van der Waals surface area (Å²) in [5.74, 6) is 0. The quantitative estimate of drug-likeness (QED) is 0.372. The Morgan fingerprint density at radius 3 is 2.06 bits per heavy atom. The van der Waals surface area contributed by atoms with Gasteiger partial charge in [0.25, 0.3) is 0 Å². The topological polar surface area (TPSA) is 37.6 Å². The van der Waals surface area contributed by atoms with Crippen LogP contribution in [-0.4, -0.2) is 22.4 Å². The van der Waals surface area contributed by atoms with Gasteiger partial charge in [-0.15, -0.1) is 0 Å². The predicted molar refractivity (Wildman–Crippen MR) is 139 cm³/mol. The van der Waals surface area contributed by atoms with Crippen molar-refractivity contribution in [1.29, 1.82) is 0 Å². The van der Waals surface area contributed by atoms with Gasteiger partial charge in [0.15, 0.2) is 0 Å².